The summed E-state index contributed by atoms with van der Waals surface area (Å²) in [6, 6.07) is 12.3. The Morgan fingerprint density at radius 3 is 2.91 bits per heavy atom. The second-order valence-corrected chi connectivity index (χ2v) is 4.91. The predicted octanol–water partition coefficient (Wildman–Crippen LogP) is 2.70. The van der Waals surface area contributed by atoms with Crippen molar-refractivity contribution in [3.05, 3.63) is 35.9 Å². The molecule has 1 amide bonds. The molecule has 0 fully saturated rings. The average molecular weight is 301 g/mol. The number of hydrogen-bond donors (Lipinski definition) is 0. The number of benzene rings is 1. The van der Waals surface area contributed by atoms with E-state index in [-0.39, 0.29) is 12.6 Å². The van der Waals surface area contributed by atoms with Crippen molar-refractivity contribution < 1.29 is 19.1 Å². The van der Waals surface area contributed by atoms with Crippen LogP contribution in [0.5, 0.6) is 0 Å². The molecule has 0 aliphatic carbocycles. The monoisotopic (exact) mass is 301 g/mol. The van der Waals surface area contributed by atoms with E-state index in [2.05, 4.69) is 12.0 Å². The molecule has 5 heteroatoms. The summed E-state index contributed by atoms with van der Waals surface area (Å²) in [7, 11) is 0. The molecule has 0 bridgehead atoms. The molecule has 1 aromatic carbocycles. The number of hydrogen-bond acceptors (Lipinski definition) is 4. The lowest BCUT2D eigenvalue weighted by molar-refractivity contribution is -0.143. The van der Waals surface area contributed by atoms with E-state index >= 15 is 0 Å². The smallest absolute Gasteiger partial charge is 0.421 e. The van der Waals surface area contributed by atoms with Crippen molar-refractivity contribution in [2.24, 2.45) is 0 Å². The quantitative estimate of drug-likeness (QED) is 0.622. The van der Waals surface area contributed by atoms with Gasteiger partial charge in [0.1, 0.15) is 6.61 Å². The van der Waals surface area contributed by atoms with Gasteiger partial charge >= 0.3 is 12.1 Å². The van der Waals surface area contributed by atoms with Gasteiger partial charge in [0.2, 0.25) is 0 Å². The summed E-state index contributed by atoms with van der Waals surface area (Å²) < 4.78 is 10.3. The highest BCUT2D eigenvalue weighted by molar-refractivity contribution is 5.70. The maximum Gasteiger partial charge on any atom is 0.421 e. The third-order valence-corrected chi connectivity index (χ3v) is 3.11. The summed E-state index contributed by atoms with van der Waals surface area (Å²) in [4.78, 5) is 24.7. The highest BCUT2D eigenvalue weighted by atomic mass is 16.6. The van der Waals surface area contributed by atoms with E-state index in [4.69, 9.17) is 9.47 Å². The third kappa shape index (κ3) is 5.49. The van der Waals surface area contributed by atoms with Gasteiger partial charge in [-0.2, -0.15) is 0 Å². The maximum atomic E-state index is 12.1. The average Bonchev–Trinajstić information content (AvgIpc) is 2.59. The Labute approximate surface area is 130 Å². The van der Waals surface area contributed by atoms with Crippen molar-refractivity contribution in [1.29, 1.82) is 0 Å². The first kappa shape index (κ1) is 15.9. The lowest BCUT2D eigenvalue weighted by atomic mass is 10.2. The number of carbonyl (C=O) groups excluding carboxylic acids is 2. The van der Waals surface area contributed by atoms with Gasteiger partial charge in [0, 0.05) is 31.9 Å². The molecule has 0 radical (unpaired) electrons. The minimum Gasteiger partial charge on any atom is -0.466 e. The first-order chi connectivity index (χ1) is 10.8. The van der Waals surface area contributed by atoms with E-state index in [0.717, 1.165) is 5.56 Å². The second kappa shape index (κ2) is 8.73. The van der Waals surface area contributed by atoms with Crippen LogP contribution in [0.4, 0.5) is 4.79 Å². The van der Waals surface area contributed by atoms with Crippen LogP contribution in [-0.2, 0) is 20.9 Å². The lowest BCUT2D eigenvalue weighted by Gasteiger charge is -2.15. The fourth-order valence-corrected chi connectivity index (χ4v) is 1.94. The molecular weight excluding hydrogens is 282 g/mol. The zero-order chi connectivity index (χ0) is 15.6. The molecule has 0 atom stereocenters. The highest BCUT2D eigenvalue weighted by Gasteiger charge is 2.14. The first-order valence-corrected chi connectivity index (χ1v) is 7.38. The SMILES string of the molecule is O=C1CCCC#CN(C(=O)OCc2ccccc2)CCCO1. The van der Waals surface area contributed by atoms with Gasteiger partial charge in [0.05, 0.1) is 6.61 Å². The number of ether oxygens (including phenoxy) is 2. The summed E-state index contributed by atoms with van der Waals surface area (Å²) in [6.45, 7) is 0.893. The number of esters is 1. The molecule has 2 rings (SSSR count). The largest absolute Gasteiger partial charge is 0.466 e. The summed E-state index contributed by atoms with van der Waals surface area (Å²) >= 11 is 0. The molecule has 1 aliphatic heterocycles. The Balaban J connectivity index is 1.88. The van der Waals surface area contributed by atoms with E-state index in [9.17, 15) is 9.59 Å². The highest BCUT2D eigenvalue weighted by Crippen LogP contribution is 2.05. The minimum atomic E-state index is -0.470. The Kier molecular flexibility index (Phi) is 6.31. The van der Waals surface area contributed by atoms with E-state index in [1.807, 2.05) is 30.3 Å². The molecule has 116 valence electrons. The zero-order valence-electron chi connectivity index (χ0n) is 12.4. The molecule has 0 N–H and O–H groups in total. The fraction of sp³-hybridized carbons (Fsp3) is 0.412. The number of cyclic esters (lactones) is 1. The Bertz CT molecular complexity index is 559. The Morgan fingerprint density at radius 1 is 1.27 bits per heavy atom. The van der Waals surface area contributed by atoms with E-state index in [0.29, 0.717) is 38.8 Å². The molecule has 1 aromatic rings. The fourth-order valence-electron chi connectivity index (χ4n) is 1.94. The van der Waals surface area contributed by atoms with Crippen LogP contribution in [0.15, 0.2) is 30.3 Å². The van der Waals surface area contributed by atoms with Gasteiger partial charge < -0.3 is 9.47 Å². The third-order valence-electron chi connectivity index (χ3n) is 3.11. The number of nitrogens with zero attached hydrogens (tertiary/aromatic N) is 1. The van der Waals surface area contributed by atoms with Crippen molar-refractivity contribution in [3.63, 3.8) is 0 Å². The van der Waals surface area contributed by atoms with Gasteiger partial charge in [-0.15, -0.1) is 0 Å². The van der Waals surface area contributed by atoms with Crippen LogP contribution in [0.25, 0.3) is 0 Å². The summed E-state index contributed by atoms with van der Waals surface area (Å²) in [6.07, 6.45) is 1.63. The van der Waals surface area contributed by atoms with Crippen molar-refractivity contribution in [2.45, 2.75) is 32.3 Å². The molecule has 5 nitrogen and oxygen atoms in total. The Morgan fingerprint density at radius 2 is 2.09 bits per heavy atom. The van der Waals surface area contributed by atoms with Crippen LogP contribution >= 0.6 is 0 Å². The summed E-state index contributed by atoms with van der Waals surface area (Å²) in [5.74, 6) is 2.69. The molecule has 0 saturated heterocycles. The van der Waals surface area contributed by atoms with Gasteiger partial charge in [-0.3, -0.25) is 4.79 Å². The van der Waals surface area contributed by atoms with Crippen molar-refractivity contribution in [2.75, 3.05) is 13.2 Å². The van der Waals surface area contributed by atoms with Crippen LogP contribution in [0.1, 0.15) is 31.2 Å². The van der Waals surface area contributed by atoms with Crippen LogP contribution in [0, 0.1) is 12.0 Å². The van der Waals surface area contributed by atoms with Crippen LogP contribution in [0.2, 0.25) is 0 Å². The maximum absolute atomic E-state index is 12.1. The normalized spacial score (nSPS) is 15.8. The topological polar surface area (TPSA) is 55.8 Å². The molecule has 22 heavy (non-hydrogen) atoms. The molecule has 0 spiro atoms. The summed E-state index contributed by atoms with van der Waals surface area (Å²) in [5, 5.41) is 0. The molecule has 1 aliphatic rings. The van der Waals surface area contributed by atoms with Crippen LogP contribution in [0.3, 0.4) is 0 Å². The molecule has 0 saturated carbocycles. The number of amides is 1. The van der Waals surface area contributed by atoms with Crippen LogP contribution in [-0.4, -0.2) is 30.1 Å². The van der Waals surface area contributed by atoms with Crippen LogP contribution < -0.4 is 0 Å². The minimum absolute atomic E-state index is 0.207. The zero-order valence-corrected chi connectivity index (χ0v) is 12.4. The second-order valence-electron chi connectivity index (χ2n) is 4.91. The first-order valence-electron chi connectivity index (χ1n) is 7.38. The Hall–Kier alpha value is -2.48. The summed E-state index contributed by atoms with van der Waals surface area (Å²) in [5.41, 5.74) is 0.926. The van der Waals surface area contributed by atoms with Gasteiger partial charge in [-0.1, -0.05) is 36.3 Å². The van der Waals surface area contributed by atoms with E-state index in [1.165, 1.54) is 4.90 Å². The predicted molar refractivity (Wildman–Crippen MR) is 80.5 cm³/mol. The molecule has 0 unspecified atom stereocenters. The van der Waals surface area contributed by atoms with E-state index in [1.54, 1.807) is 0 Å². The number of rotatable bonds is 2. The van der Waals surface area contributed by atoms with Gasteiger partial charge in [0.25, 0.3) is 0 Å². The standard InChI is InChI=1S/C17H19NO4/c19-16-10-5-2-6-11-18(12-7-13-21-16)17(20)22-14-15-8-3-1-4-9-15/h1,3-4,8-9H,2,5,7,10,12-14H2. The van der Waals surface area contributed by atoms with Gasteiger partial charge in [0.15, 0.2) is 0 Å². The van der Waals surface area contributed by atoms with Crippen molar-refractivity contribution in [3.8, 4) is 12.0 Å². The molecule has 1 heterocycles. The number of carbonyl (C=O) groups is 2. The van der Waals surface area contributed by atoms with Gasteiger partial charge in [-0.25, -0.2) is 9.69 Å². The van der Waals surface area contributed by atoms with Crippen molar-refractivity contribution >= 4 is 12.1 Å². The van der Waals surface area contributed by atoms with E-state index < -0.39 is 6.09 Å². The van der Waals surface area contributed by atoms with Crippen molar-refractivity contribution in [1.82, 2.24) is 4.90 Å². The molecular formula is C17H19NO4. The molecule has 0 aromatic heterocycles. The lowest BCUT2D eigenvalue weighted by Crippen LogP contribution is -2.28. The van der Waals surface area contributed by atoms with Gasteiger partial charge in [-0.05, 0) is 12.0 Å².